The van der Waals surface area contributed by atoms with Crippen molar-refractivity contribution in [1.82, 2.24) is 19.2 Å². The number of rotatable bonds is 5. The minimum Gasteiger partial charge on any atom is -0.377 e. The van der Waals surface area contributed by atoms with E-state index in [4.69, 9.17) is 9.47 Å². The predicted octanol–water partition coefficient (Wildman–Crippen LogP) is -0.638. The zero-order valence-electron chi connectivity index (χ0n) is 14.6. The second-order valence-corrected chi connectivity index (χ2v) is 8.52. The molecule has 0 saturated carbocycles. The number of amides is 2. The van der Waals surface area contributed by atoms with Crippen LogP contribution in [0.5, 0.6) is 0 Å². The van der Waals surface area contributed by atoms with Crippen LogP contribution in [-0.2, 0) is 19.7 Å². The molecular weight excluding hydrogens is 336 g/mol. The minimum absolute atomic E-state index is 0.141. The molecule has 0 bridgehead atoms. The van der Waals surface area contributed by atoms with E-state index in [9.17, 15) is 13.2 Å². The van der Waals surface area contributed by atoms with Gasteiger partial charge in [0, 0.05) is 40.3 Å². The summed E-state index contributed by atoms with van der Waals surface area (Å²) in [7, 11) is -0.478. The van der Waals surface area contributed by atoms with Crippen molar-refractivity contribution in [3.8, 4) is 0 Å². The van der Waals surface area contributed by atoms with Crippen molar-refractivity contribution in [2.75, 3.05) is 53.5 Å². The Morgan fingerprint density at radius 1 is 1.38 bits per heavy atom. The van der Waals surface area contributed by atoms with E-state index in [0.29, 0.717) is 39.3 Å². The van der Waals surface area contributed by atoms with Crippen molar-refractivity contribution in [1.29, 1.82) is 0 Å². The van der Waals surface area contributed by atoms with Crippen molar-refractivity contribution in [3.05, 3.63) is 0 Å². The Bertz CT molecular complexity index is 541. The summed E-state index contributed by atoms with van der Waals surface area (Å²) < 4.78 is 39.2. The van der Waals surface area contributed by atoms with Gasteiger partial charge >= 0.3 is 6.03 Å². The molecule has 140 valence electrons. The predicted molar refractivity (Wildman–Crippen MR) is 88.9 cm³/mol. The van der Waals surface area contributed by atoms with E-state index < -0.39 is 15.8 Å². The monoisotopic (exact) mass is 364 g/mol. The van der Waals surface area contributed by atoms with Gasteiger partial charge in [0.1, 0.15) is 5.60 Å². The lowest BCUT2D eigenvalue weighted by Crippen LogP contribution is -2.50. The van der Waals surface area contributed by atoms with Crippen LogP contribution in [0.4, 0.5) is 4.79 Å². The van der Waals surface area contributed by atoms with Crippen molar-refractivity contribution in [2.24, 2.45) is 0 Å². The Hall–Kier alpha value is -0.940. The molecule has 10 heteroatoms. The van der Waals surface area contributed by atoms with Crippen molar-refractivity contribution in [2.45, 2.75) is 31.5 Å². The molecule has 2 saturated heterocycles. The molecule has 0 aliphatic carbocycles. The molecule has 0 radical (unpaired) electrons. The van der Waals surface area contributed by atoms with Crippen molar-refractivity contribution < 1.29 is 22.7 Å². The smallest absolute Gasteiger partial charge is 0.314 e. The molecule has 24 heavy (non-hydrogen) atoms. The molecule has 0 aromatic carbocycles. The van der Waals surface area contributed by atoms with Gasteiger partial charge in [-0.05, 0) is 19.8 Å². The average molecular weight is 364 g/mol. The standard InChI is InChI=1S/C14H28N4O5S/c1-4-15-13(19)16-9-12-5-6-14(23-12)10-18(7-8-22-11-14)24(20,21)17(2)3/h12H,4-11H2,1-3H3,(H2,15,16,19)/t12-,14+/m1/s1. The van der Waals surface area contributed by atoms with Crippen LogP contribution in [0, 0.1) is 0 Å². The molecule has 2 aliphatic rings. The van der Waals surface area contributed by atoms with Gasteiger partial charge in [0.05, 0.1) is 19.3 Å². The fraction of sp³-hybridized carbons (Fsp3) is 0.929. The maximum atomic E-state index is 12.4. The molecule has 2 N–H and O–H groups in total. The third-order valence-electron chi connectivity index (χ3n) is 4.27. The zero-order chi connectivity index (χ0) is 17.8. The molecule has 2 amide bonds. The first-order chi connectivity index (χ1) is 11.3. The third-order valence-corrected chi connectivity index (χ3v) is 6.16. The molecule has 2 aliphatic heterocycles. The molecule has 0 aromatic rings. The molecule has 0 aromatic heterocycles. The first kappa shape index (κ1) is 19.4. The molecule has 9 nitrogen and oxygen atoms in total. The summed E-state index contributed by atoms with van der Waals surface area (Å²) >= 11 is 0. The van der Waals surface area contributed by atoms with E-state index in [1.807, 2.05) is 6.92 Å². The van der Waals surface area contributed by atoms with E-state index in [1.165, 1.54) is 22.7 Å². The second-order valence-electron chi connectivity index (χ2n) is 6.38. The first-order valence-electron chi connectivity index (χ1n) is 8.24. The Morgan fingerprint density at radius 2 is 2.12 bits per heavy atom. The summed E-state index contributed by atoms with van der Waals surface area (Å²) in [5, 5.41) is 5.43. The molecule has 2 rings (SSSR count). The fourth-order valence-corrected chi connectivity index (χ4v) is 4.16. The number of hydrogen-bond acceptors (Lipinski definition) is 5. The number of hydrogen-bond donors (Lipinski definition) is 2. The quantitative estimate of drug-likeness (QED) is 0.676. The number of carbonyl (C=O) groups excluding carboxylic acids is 1. The molecule has 2 heterocycles. The molecule has 1 spiro atoms. The topological polar surface area (TPSA) is 100 Å². The van der Waals surface area contributed by atoms with Crippen LogP contribution in [0.25, 0.3) is 0 Å². The molecule has 2 fully saturated rings. The Morgan fingerprint density at radius 3 is 2.79 bits per heavy atom. The molecule has 0 unspecified atom stereocenters. The van der Waals surface area contributed by atoms with Gasteiger partial charge in [-0.3, -0.25) is 0 Å². The Kier molecular flexibility index (Phi) is 6.43. The molecular formula is C14H28N4O5S. The summed E-state index contributed by atoms with van der Waals surface area (Å²) in [5.41, 5.74) is -0.646. The highest BCUT2D eigenvalue weighted by Crippen LogP contribution is 2.33. The lowest BCUT2D eigenvalue weighted by Gasteiger charge is -2.32. The third kappa shape index (κ3) is 4.57. The number of carbonyl (C=O) groups is 1. The maximum Gasteiger partial charge on any atom is 0.314 e. The molecule has 2 atom stereocenters. The van der Waals surface area contributed by atoms with Crippen LogP contribution in [0.1, 0.15) is 19.8 Å². The second kappa shape index (κ2) is 7.96. The zero-order valence-corrected chi connectivity index (χ0v) is 15.4. The van der Waals surface area contributed by atoms with Crippen LogP contribution in [-0.4, -0.2) is 88.3 Å². The first-order valence-corrected chi connectivity index (χ1v) is 9.63. The van der Waals surface area contributed by atoms with Crippen LogP contribution < -0.4 is 10.6 Å². The van der Waals surface area contributed by atoms with Crippen LogP contribution in [0.3, 0.4) is 0 Å². The highest BCUT2D eigenvalue weighted by atomic mass is 32.2. The van der Waals surface area contributed by atoms with Crippen LogP contribution >= 0.6 is 0 Å². The van der Waals surface area contributed by atoms with Gasteiger partial charge < -0.3 is 20.1 Å². The van der Waals surface area contributed by atoms with Gasteiger partial charge in [0.15, 0.2) is 0 Å². The summed E-state index contributed by atoms with van der Waals surface area (Å²) in [6.07, 6.45) is 1.32. The van der Waals surface area contributed by atoms with Crippen LogP contribution in [0.2, 0.25) is 0 Å². The van der Waals surface area contributed by atoms with Gasteiger partial charge in [-0.1, -0.05) is 0 Å². The maximum absolute atomic E-state index is 12.4. The van der Waals surface area contributed by atoms with Crippen molar-refractivity contribution >= 4 is 16.2 Å². The largest absolute Gasteiger partial charge is 0.377 e. The van der Waals surface area contributed by atoms with Crippen molar-refractivity contribution in [3.63, 3.8) is 0 Å². The van der Waals surface area contributed by atoms with Crippen LogP contribution in [0.15, 0.2) is 0 Å². The summed E-state index contributed by atoms with van der Waals surface area (Å²) in [5.74, 6) is 0. The van der Waals surface area contributed by atoms with E-state index in [2.05, 4.69) is 10.6 Å². The fourth-order valence-electron chi connectivity index (χ4n) is 2.99. The summed E-state index contributed by atoms with van der Waals surface area (Å²) in [6.45, 7) is 4.10. The van der Waals surface area contributed by atoms with E-state index in [0.717, 1.165) is 6.42 Å². The number of nitrogens with zero attached hydrogens (tertiary/aromatic N) is 2. The minimum atomic E-state index is -3.51. The lowest BCUT2D eigenvalue weighted by molar-refractivity contribution is -0.0803. The van der Waals surface area contributed by atoms with E-state index in [-0.39, 0.29) is 18.7 Å². The number of ether oxygens (including phenoxy) is 2. The lowest BCUT2D eigenvalue weighted by atomic mass is 10.0. The Balaban J connectivity index is 1.98. The van der Waals surface area contributed by atoms with Gasteiger partial charge in [0.25, 0.3) is 10.2 Å². The van der Waals surface area contributed by atoms with Gasteiger partial charge in [-0.2, -0.15) is 17.0 Å². The van der Waals surface area contributed by atoms with Gasteiger partial charge in [0.2, 0.25) is 0 Å². The van der Waals surface area contributed by atoms with Gasteiger partial charge in [-0.15, -0.1) is 0 Å². The number of urea groups is 1. The van der Waals surface area contributed by atoms with E-state index in [1.54, 1.807) is 0 Å². The normalized spacial score (nSPS) is 28.9. The number of nitrogens with one attached hydrogen (secondary N) is 2. The highest BCUT2D eigenvalue weighted by molar-refractivity contribution is 7.86. The SMILES string of the molecule is CCNC(=O)NC[C@H]1CC[C@]2(COCCN(S(=O)(=O)N(C)C)C2)O1. The van der Waals surface area contributed by atoms with Gasteiger partial charge in [-0.25, -0.2) is 4.79 Å². The summed E-state index contributed by atoms with van der Waals surface area (Å²) in [4.78, 5) is 11.5. The summed E-state index contributed by atoms with van der Waals surface area (Å²) in [6, 6.07) is -0.226. The Labute approximate surface area is 143 Å². The average Bonchev–Trinajstić information content (AvgIpc) is 2.78. The highest BCUT2D eigenvalue weighted by Gasteiger charge is 2.45. The van der Waals surface area contributed by atoms with E-state index >= 15 is 0 Å².